The van der Waals surface area contributed by atoms with E-state index in [2.05, 4.69) is 0 Å². The number of hydrogen-bond donors (Lipinski definition) is 2. The lowest BCUT2D eigenvalue weighted by molar-refractivity contribution is 0.164. The lowest BCUT2D eigenvalue weighted by atomic mass is 9.76. The molecule has 2 nitrogen and oxygen atoms in total. The fourth-order valence-electron chi connectivity index (χ4n) is 3.13. The van der Waals surface area contributed by atoms with Crippen molar-refractivity contribution in [3.63, 3.8) is 0 Å². The minimum atomic E-state index is -2.06. The van der Waals surface area contributed by atoms with Crippen LogP contribution in [0.2, 0.25) is 0 Å². The summed E-state index contributed by atoms with van der Waals surface area (Å²) in [5.41, 5.74) is 11.9. The van der Waals surface area contributed by atoms with Gasteiger partial charge in [0.25, 0.3) is 0 Å². The van der Waals surface area contributed by atoms with Crippen LogP contribution < -0.4 is 11.5 Å². The summed E-state index contributed by atoms with van der Waals surface area (Å²) >= 11 is 0. The molecule has 0 saturated heterocycles. The average Bonchev–Trinajstić information content (AvgIpc) is 2.59. The predicted octanol–water partition coefficient (Wildman–Crippen LogP) is 3.59. The van der Waals surface area contributed by atoms with Crippen LogP contribution in [0.4, 0.5) is 8.78 Å². The van der Waals surface area contributed by atoms with Crippen molar-refractivity contribution in [2.75, 3.05) is 0 Å². The second-order valence-electron chi connectivity index (χ2n) is 6.13. The lowest BCUT2D eigenvalue weighted by Gasteiger charge is -2.37. The van der Waals surface area contributed by atoms with E-state index in [0.29, 0.717) is 12.0 Å². The molecule has 0 amide bonds. The molecule has 4 heteroatoms. The molecule has 0 aliphatic heterocycles. The Bertz CT molecular complexity index is 769. The first-order chi connectivity index (χ1) is 11.5. The first kappa shape index (κ1) is 16.4. The molecule has 0 fully saturated rings. The Morgan fingerprint density at radius 2 is 1.46 bits per heavy atom. The highest BCUT2D eigenvalue weighted by molar-refractivity contribution is 5.45. The molecule has 1 aliphatic carbocycles. The third-order valence-electron chi connectivity index (χ3n) is 4.46. The van der Waals surface area contributed by atoms with Gasteiger partial charge in [-0.05, 0) is 29.2 Å². The van der Waals surface area contributed by atoms with Crippen molar-refractivity contribution < 1.29 is 8.78 Å². The summed E-state index contributed by atoms with van der Waals surface area (Å²) in [6, 6.07) is 17.2. The number of benzene rings is 2. The summed E-state index contributed by atoms with van der Waals surface area (Å²) in [6.45, 7) is 0. The highest BCUT2D eigenvalue weighted by Crippen LogP contribution is 2.39. The Morgan fingerprint density at radius 3 is 2.04 bits per heavy atom. The maximum atomic E-state index is 16.0. The molecule has 0 heterocycles. The van der Waals surface area contributed by atoms with E-state index in [-0.39, 0.29) is 12.1 Å². The second-order valence-corrected chi connectivity index (χ2v) is 6.13. The molecular weight excluding hydrogens is 306 g/mol. The van der Waals surface area contributed by atoms with Gasteiger partial charge >= 0.3 is 0 Å². The van der Waals surface area contributed by atoms with Crippen LogP contribution in [0.15, 0.2) is 83.8 Å². The van der Waals surface area contributed by atoms with Crippen molar-refractivity contribution in [1.82, 2.24) is 0 Å². The summed E-state index contributed by atoms with van der Waals surface area (Å²) in [7, 11) is 0. The fraction of sp³-hybridized carbons (Fsp3) is 0.200. The molecule has 2 atom stereocenters. The number of allylic oxidation sites excluding steroid dienone is 1. The van der Waals surface area contributed by atoms with Gasteiger partial charge in [0.15, 0.2) is 5.67 Å². The van der Waals surface area contributed by atoms with E-state index in [9.17, 15) is 4.39 Å². The largest absolute Gasteiger partial charge is 0.399 e. The van der Waals surface area contributed by atoms with Crippen LogP contribution in [0.1, 0.15) is 11.1 Å². The van der Waals surface area contributed by atoms with E-state index in [1.54, 1.807) is 12.1 Å². The van der Waals surface area contributed by atoms with Crippen LogP contribution in [0.5, 0.6) is 0 Å². The zero-order chi connectivity index (χ0) is 17.2. The number of hydrogen-bond acceptors (Lipinski definition) is 2. The van der Waals surface area contributed by atoms with Crippen molar-refractivity contribution in [1.29, 1.82) is 0 Å². The zero-order valence-corrected chi connectivity index (χ0v) is 13.3. The van der Waals surface area contributed by atoms with Crippen molar-refractivity contribution in [2.45, 2.75) is 24.6 Å². The molecule has 0 spiro atoms. The molecule has 2 aromatic carbocycles. The van der Waals surface area contributed by atoms with Gasteiger partial charge in [-0.15, -0.1) is 0 Å². The normalized spacial score (nSPS) is 24.0. The standard InChI is InChI=1S/C20H20F2N2/c21-17-12-18(23)16(11-14-7-3-1-4-8-14)20(22,19(17)24)13-15-9-5-2-6-10-15/h1-10,12,19H,11,13,23-24H2. The molecule has 0 saturated carbocycles. The van der Waals surface area contributed by atoms with Gasteiger partial charge in [-0.3, -0.25) is 0 Å². The van der Waals surface area contributed by atoms with Crippen LogP contribution in [0.25, 0.3) is 0 Å². The fourth-order valence-corrected chi connectivity index (χ4v) is 3.13. The molecule has 124 valence electrons. The van der Waals surface area contributed by atoms with Gasteiger partial charge in [0.1, 0.15) is 5.83 Å². The van der Waals surface area contributed by atoms with Crippen molar-refractivity contribution in [3.8, 4) is 0 Å². The highest BCUT2D eigenvalue weighted by Gasteiger charge is 2.46. The van der Waals surface area contributed by atoms with Gasteiger partial charge in [-0.2, -0.15) is 0 Å². The topological polar surface area (TPSA) is 52.0 Å². The Kier molecular flexibility index (Phi) is 4.49. The molecule has 0 aromatic heterocycles. The van der Waals surface area contributed by atoms with Gasteiger partial charge < -0.3 is 11.5 Å². The summed E-state index contributed by atoms with van der Waals surface area (Å²) in [4.78, 5) is 0. The van der Waals surface area contributed by atoms with Crippen LogP contribution >= 0.6 is 0 Å². The molecule has 4 N–H and O–H groups in total. The van der Waals surface area contributed by atoms with E-state index in [1.807, 2.05) is 48.5 Å². The molecular formula is C20H20F2N2. The van der Waals surface area contributed by atoms with Crippen molar-refractivity contribution >= 4 is 0 Å². The number of nitrogens with two attached hydrogens (primary N) is 2. The number of rotatable bonds is 4. The third-order valence-corrected chi connectivity index (χ3v) is 4.46. The molecule has 0 radical (unpaired) electrons. The first-order valence-electron chi connectivity index (χ1n) is 7.89. The van der Waals surface area contributed by atoms with E-state index in [0.717, 1.165) is 17.2 Å². The van der Waals surface area contributed by atoms with Gasteiger partial charge in [0.2, 0.25) is 0 Å². The summed E-state index contributed by atoms with van der Waals surface area (Å²) in [5, 5.41) is 0. The summed E-state index contributed by atoms with van der Waals surface area (Å²) in [6.07, 6.45) is 1.43. The molecule has 0 bridgehead atoms. The molecule has 3 rings (SSSR count). The summed E-state index contributed by atoms with van der Waals surface area (Å²) in [5.74, 6) is -0.720. The Morgan fingerprint density at radius 1 is 0.917 bits per heavy atom. The highest BCUT2D eigenvalue weighted by atomic mass is 19.2. The smallest absolute Gasteiger partial charge is 0.160 e. The predicted molar refractivity (Wildman–Crippen MR) is 92.5 cm³/mol. The molecule has 2 unspecified atom stereocenters. The van der Waals surface area contributed by atoms with E-state index < -0.39 is 17.5 Å². The van der Waals surface area contributed by atoms with Crippen LogP contribution in [0.3, 0.4) is 0 Å². The minimum absolute atomic E-state index is 0.0147. The van der Waals surface area contributed by atoms with Gasteiger partial charge in [0, 0.05) is 12.1 Å². The Hall–Kier alpha value is -2.46. The zero-order valence-electron chi connectivity index (χ0n) is 13.3. The third kappa shape index (κ3) is 3.10. The maximum absolute atomic E-state index is 16.0. The monoisotopic (exact) mass is 326 g/mol. The Labute approximate surface area is 140 Å². The Balaban J connectivity index is 2.01. The lowest BCUT2D eigenvalue weighted by Crippen LogP contribution is -2.51. The van der Waals surface area contributed by atoms with Gasteiger partial charge in [-0.25, -0.2) is 8.78 Å². The van der Waals surface area contributed by atoms with Crippen molar-refractivity contribution in [3.05, 3.63) is 95.0 Å². The molecule has 2 aromatic rings. The maximum Gasteiger partial charge on any atom is 0.160 e. The second kappa shape index (κ2) is 6.57. The van der Waals surface area contributed by atoms with Gasteiger partial charge in [-0.1, -0.05) is 60.7 Å². The molecule has 1 aliphatic rings. The van der Waals surface area contributed by atoms with E-state index in [4.69, 9.17) is 11.5 Å². The number of alkyl halides is 1. The van der Waals surface area contributed by atoms with Gasteiger partial charge in [0.05, 0.1) is 6.04 Å². The quantitative estimate of drug-likeness (QED) is 0.902. The first-order valence-corrected chi connectivity index (χ1v) is 7.89. The SMILES string of the molecule is NC1=C(Cc2ccccc2)C(F)(Cc2ccccc2)C(N)C(F)=C1. The van der Waals surface area contributed by atoms with Crippen LogP contribution in [-0.4, -0.2) is 11.7 Å². The van der Waals surface area contributed by atoms with Crippen molar-refractivity contribution in [2.24, 2.45) is 11.5 Å². The van der Waals surface area contributed by atoms with Crippen LogP contribution in [0, 0.1) is 0 Å². The number of halogens is 2. The van der Waals surface area contributed by atoms with E-state index in [1.165, 1.54) is 0 Å². The molecule has 24 heavy (non-hydrogen) atoms. The minimum Gasteiger partial charge on any atom is -0.399 e. The van der Waals surface area contributed by atoms with E-state index >= 15 is 4.39 Å². The summed E-state index contributed by atoms with van der Waals surface area (Å²) < 4.78 is 30.1. The average molecular weight is 326 g/mol. The van der Waals surface area contributed by atoms with Crippen LogP contribution in [-0.2, 0) is 12.8 Å².